The summed E-state index contributed by atoms with van der Waals surface area (Å²) in [4.78, 5) is 8.84. The maximum Gasteiger partial charge on any atom is 0.191 e. The van der Waals surface area contributed by atoms with E-state index in [1.54, 1.807) is 7.05 Å². The van der Waals surface area contributed by atoms with Crippen molar-refractivity contribution >= 4 is 51.8 Å². The maximum absolute atomic E-state index is 5.96. The van der Waals surface area contributed by atoms with E-state index in [2.05, 4.69) is 57.9 Å². The van der Waals surface area contributed by atoms with Crippen molar-refractivity contribution in [2.24, 2.45) is 4.99 Å². The number of nitrogens with zero attached hydrogens (tertiary/aromatic N) is 2. The molecule has 0 amide bonds. The number of benzene rings is 2. The van der Waals surface area contributed by atoms with Crippen molar-refractivity contribution in [1.29, 1.82) is 0 Å². The standard InChI is InChI=1S/C23H24N4O.HI/c1-16-19-10-3-4-11-20(19)28-21(16)15-27-23(24-2)26-14-12-18-8-5-7-17-9-6-13-25-22(17)18;/h3-11,13H,12,14-15H2,1-2H3,(H2,24,26,27);1H. The second kappa shape index (κ2) is 9.73. The molecule has 0 aliphatic heterocycles. The molecule has 6 heteroatoms. The van der Waals surface area contributed by atoms with Crippen LogP contribution in [-0.2, 0) is 13.0 Å². The average molecular weight is 500 g/mol. The van der Waals surface area contributed by atoms with Crippen LogP contribution in [0, 0.1) is 6.92 Å². The van der Waals surface area contributed by atoms with Gasteiger partial charge in [-0.1, -0.05) is 42.5 Å². The van der Waals surface area contributed by atoms with Crippen LogP contribution in [0.25, 0.3) is 21.9 Å². The van der Waals surface area contributed by atoms with Crippen LogP contribution in [0.2, 0.25) is 0 Å². The normalized spacial score (nSPS) is 11.4. The Kier molecular flexibility index (Phi) is 7.09. The molecule has 0 aliphatic rings. The van der Waals surface area contributed by atoms with E-state index in [-0.39, 0.29) is 24.0 Å². The number of para-hydroxylation sites is 2. The lowest BCUT2D eigenvalue weighted by atomic mass is 10.1. The fraction of sp³-hybridized carbons (Fsp3) is 0.217. The van der Waals surface area contributed by atoms with Gasteiger partial charge in [-0.2, -0.15) is 0 Å². The van der Waals surface area contributed by atoms with Crippen LogP contribution in [-0.4, -0.2) is 24.5 Å². The van der Waals surface area contributed by atoms with Crippen molar-refractivity contribution < 1.29 is 4.42 Å². The minimum Gasteiger partial charge on any atom is -0.459 e. The number of guanidine groups is 1. The van der Waals surface area contributed by atoms with Gasteiger partial charge in [0, 0.05) is 36.1 Å². The van der Waals surface area contributed by atoms with Crippen molar-refractivity contribution in [3.05, 3.63) is 77.7 Å². The molecule has 0 unspecified atom stereocenters. The Balaban J connectivity index is 0.00000240. The molecule has 29 heavy (non-hydrogen) atoms. The molecule has 0 radical (unpaired) electrons. The molecule has 0 atom stereocenters. The lowest BCUT2D eigenvalue weighted by Crippen LogP contribution is -2.37. The number of furan rings is 1. The van der Waals surface area contributed by atoms with Gasteiger partial charge in [-0.15, -0.1) is 24.0 Å². The predicted molar refractivity (Wildman–Crippen MR) is 130 cm³/mol. The lowest BCUT2D eigenvalue weighted by Gasteiger charge is -2.12. The summed E-state index contributed by atoms with van der Waals surface area (Å²) in [5.74, 6) is 1.69. The number of aromatic nitrogens is 1. The van der Waals surface area contributed by atoms with Crippen molar-refractivity contribution in [2.75, 3.05) is 13.6 Å². The van der Waals surface area contributed by atoms with Crippen LogP contribution in [0.5, 0.6) is 0 Å². The number of pyridine rings is 1. The largest absolute Gasteiger partial charge is 0.459 e. The highest BCUT2D eigenvalue weighted by molar-refractivity contribution is 14.0. The second-order valence-corrected chi connectivity index (χ2v) is 6.74. The van der Waals surface area contributed by atoms with Gasteiger partial charge >= 0.3 is 0 Å². The minimum absolute atomic E-state index is 0. The Hall–Kier alpha value is -2.61. The summed E-state index contributed by atoms with van der Waals surface area (Å²) >= 11 is 0. The summed E-state index contributed by atoms with van der Waals surface area (Å²) in [5, 5.41) is 9.04. The van der Waals surface area contributed by atoms with Gasteiger partial charge in [-0.25, -0.2) is 0 Å². The zero-order chi connectivity index (χ0) is 19.3. The van der Waals surface area contributed by atoms with E-state index in [1.807, 2.05) is 30.5 Å². The number of nitrogens with one attached hydrogen (secondary N) is 2. The molecule has 0 saturated carbocycles. The van der Waals surface area contributed by atoms with Gasteiger partial charge in [0.15, 0.2) is 5.96 Å². The highest BCUT2D eigenvalue weighted by Crippen LogP contribution is 2.24. The van der Waals surface area contributed by atoms with E-state index < -0.39 is 0 Å². The first-order chi connectivity index (χ1) is 13.8. The fourth-order valence-corrected chi connectivity index (χ4v) is 3.46. The third kappa shape index (κ3) is 4.70. The molecule has 4 rings (SSSR count). The first kappa shape index (κ1) is 21.1. The Morgan fingerprint density at radius 2 is 1.86 bits per heavy atom. The van der Waals surface area contributed by atoms with E-state index in [0.717, 1.165) is 41.2 Å². The molecule has 4 aromatic rings. The predicted octanol–water partition coefficient (Wildman–Crippen LogP) is 4.82. The topological polar surface area (TPSA) is 62.5 Å². The van der Waals surface area contributed by atoms with Crippen molar-refractivity contribution in [3.63, 3.8) is 0 Å². The zero-order valence-electron chi connectivity index (χ0n) is 16.6. The lowest BCUT2D eigenvalue weighted by molar-refractivity contribution is 0.534. The minimum atomic E-state index is 0. The Labute approximate surface area is 187 Å². The van der Waals surface area contributed by atoms with Gasteiger partial charge in [0.1, 0.15) is 11.3 Å². The third-order valence-electron chi connectivity index (χ3n) is 4.99. The summed E-state index contributed by atoms with van der Waals surface area (Å²) in [6.07, 6.45) is 2.72. The van der Waals surface area contributed by atoms with Crippen molar-refractivity contribution in [1.82, 2.24) is 15.6 Å². The van der Waals surface area contributed by atoms with E-state index in [4.69, 9.17) is 4.42 Å². The number of halogens is 1. The first-order valence-electron chi connectivity index (χ1n) is 9.50. The zero-order valence-corrected chi connectivity index (χ0v) is 18.9. The number of hydrogen-bond acceptors (Lipinski definition) is 3. The van der Waals surface area contributed by atoms with Gasteiger partial charge in [0.25, 0.3) is 0 Å². The smallest absolute Gasteiger partial charge is 0.191 e. The number of rotatable bonds is 5. The van der Waals surface area contributed by atoms with Gasteiger partial charge < -0.3 is 15.1 Å². The molecule has 0 bridgehead atoms. The van der Waals surface area contributed by atoms with Gasteiger partial charge in [0.05, 0.1) is 12.1 Å². The van der Waals surface area contributed by atoms with Crippen LogP contribution in [0.3, 0.4) is 0 Å². The van der Waals surface area contributed by atoms with Crippen LogP contribution in [0.1, 0.15) is 16.9 Å². The molecule has 0 saturated heterocycles. The second-order valence-electron chi connectivity index (χ2n) is 6.74. The van der Waals surface area contributed by atoms with Crippen molar-refractivity contribution in [2.45, 2.75) is 19.9 Å². The summed E-state index contributed by atoms with van der Waals surface area (Å²) in [6.45, 7) is 3.46. The molecule has 2 heterocycles. The van der Waals surface area contributed by atoms with Crippen LogP contribution in [0.15, 0.2) is 70.2 Å². The fourth-order valence-electron chi connectivity index (χ4n) is 3.46. The maximum atomic E-state index is 5.96. The quantitative estimate of drug-likeness (QED) is 0.235. The Morgan fingerprint density at radius 3 is 2.69 bits per heavy atom. The number of hydrogen-bond donors (Lipinski definition) is 2. The van der Waals surface area contributed by atoms with Gasteiger partial charge in [-0.3, -0.25) is 9.98 Å². The number of fused-ring (bicyclic) bond motifs is 2. The molecular weight excluding hydrogens is 475 g/mol. The molecule has 2 aromatic carbocycles. The average Bonchev–Trinajstić information content (AvgIpc) is 3.06. The number of aryl methyl sites for hydroxylation is 1. The molecule has 0 aliphatic carbocycles. The van der Waals surface area contributed by atoms with Gasteiger partial charge in [-0.05, 0) is 31.0 Å². The summed E-state index contributed by atoms with van der Waals surface area (Å²) in [6, 6.07) is 18.5. The van der Waals surface area contributed by atoms with E-state index >= 15 is 0 Å². The third-order valence-corrected chi connectivity index (χ3v) is 4.99. The SMILES string of the molecule is CN=C(NCCc1cccc2cccnc12)NCc1oc2ccccc2c1C.I. The van der Waals surface area contributed by atoms with Crippen LogP contribution < -0.4 is 10.6 Å². The van der Waals surface area contributed by atoms with E-state index in [1.165, 1.54) is 16.5 Å². The summed E-state index contributed by atoms with van der Waals surface area (Å²) in [7, 11) is 1.78. The van der Waals surface area contributed by atoms with Crippen LogP contribution >= 0.6 is 24.0 Å². The molecule has 2 aromatic heterocycles. The Bertz CT molecular complexity index is 1130. The Morgan fingerprint density at radius 1 is 1.03 bits per heavy atom. The first-order valence-corrected chi connectivity index (χ1v) is 9.50. The monoisotopic (exact) mass is 500 g/mol. The highest BCUT2D eigenvalue weighted by atomic mass is 127. The van der Waals surface area contributed by atoms with Crippen molar-refractivity contribution in [3.8, 4) is 0 Å². The molecule has 0 spiro atoms. The van der Waals surface area contributed by atoms with Gasteiger partial charge in [0.2, 0.25) is 0 Å². The molecule has 0 fully saturated rings. The molecule has 150 valence electrons. The number of aliphatic imine (C=N–C) groups is 1. The molecule has 5 nitrogen and oxygen atoms in total. The highest BCUT2D eigenvalue weighted by Gasteiger charge is 2.10. The van der Waals surface area contributed by atoms with E-state index in [9.17, 15) is 0 Å². The molecule has 2 N–H and O–H groups in total. The molecular formula is C23H25IN4O. The summed E-state index contributed by atoms with van der Waals surface area (Å²) in [5.41, 5.74) is 4.38. The van der Waals surface area contributed by atoms with E-state index in [0.29, 0.717) is 6.54 Å². The van der Waals surface area contributed by atoms with Crippen LogP contribution in [0.4, 0.5) is 0 Å². The summed E-state index contributed by atoms with van der Waals surface area (Å²) < 4.78 is 5.96.